The Bertz CT molecular complexity index is 1120. The smallest absolute Gasteiger partial charge is 0.257 e. The van der Waals surface area contributed by atoms with Crippen molar-refractivity contribution in [1.82, 2.24) is 24.6 Å². The van der Waals surface area contributed by atoms with Crippen LogP contribution in [0.2, 0.25) is 0 Å². The van der Waals surface area contributed by atoms with E-state index in [2.05, 4.69) is 49.3 Å². The van der Waals surface area contributed by atoms with E-state index in [9.17, 15) is 4.39 Å². The molecule has 0 unspecified atom stereocenters. The Morgan fingerprint density at radius 2 is 2.11 bits per heavy atom. The second-order valence-electron chi connectivity index (χ2n) is 6.42. The molecule has 0 aliphatic carbocycles. The third kappa shape index (κ3) is 2.84. The van der Waals surface area contributed by atoms with Gasteiger partial charge in [0.15, 0.2) is 5.82 Å². The van der Waals surface area contributed by atoms with Crippen LogP contribution in [-0.4, -0.2) is 31.1 Å². The Morgan fingerprint density at radius 1 is 1.30 bits per heavy atom. The number of pyridine rings is 1. The number of hydrogen-bond acceptors (Lipinski definition) is 5. The summed E-state index contributed by atoms with van der Waals surface area (Å²) in [5, 5.41) is 8.62. The van der Waals surface area contributed by atoms with Gasteiger partial charge in [-0.05, 0) is 37.8 Å². The van der Waals surface area contributed by atoms with Crippen molar-refractivity contribution in [3.63, 3.8) is 0 Å². The molecule has 138 valence electrons. The first-order valence-electron chi connectivity index (χ1n) is 8.65. The molecule has 1 aliphatic rings. The van der Waals surface area contributed by atoms with Crippen molar-refractivity contribution >= 4 is 38.4 Å². The maximum Gasteiger partial charge on any atom is 0.257 e. The lowest BCUT2D eigenvalue weighted by molar-refractivity contribution is 0.632. The van der Waals surface area contributed by atoms with E-state index in [0.717, 1.165) is 35.0 Å². The molecule has 0 fully saturated rings. The van der Waals surface area contributed by atoms with Crippen LogP contribution in [0.5, 0.6) is 0 Å². The number of fused-ring (bicyclic) bond motifs is 3. The molecule has 0 aromatic carbocycles. The first-order chi connectivity index (χ1) is 13.0. The van der Waals surface area contributed by atoms with Gasteiger partial charge in [0, 0.05) is 16.7 Å². The van der Waals surface area contributed by atoms with E-state index in [-0.39, 0.29) is 0 Å². The highest BCUT2D eigenvalue weighted by atomic mass is 79.9. The minimum atomic E-state index is -0.433. The van der Waals surface area contributed by atoms with Gasteiger partial charge >= 0.3 is 0 Å². The third-order valence-electron chi connectivity index (χ3n) is 4.79. The van der Waals surface area contributed by atoms with Crippen molar-refractivity contribution in [2.45, 2.75) is 26.2 Å². The summed E-state index contributed by atoms with van der Waals surface area (Å²) in [5.74, 6) is 1.10. The first-order valence-corrected chi connectivity index (χ1v) is 9.45. The third-order valence-corrected chi connectivity index (χ3v) is 5.27. The Kier molecular flexibility index (Phi) is 4.51. The lowest BCUT2D eigenvalue weighted by Gasteiger charge is -2.26. The molecule has 0 atom stereocenters. The quantitative estimate of drug-likeness (QED) is 0.616. The number of halogens is 2. The van der Waals surface area contributed by atoms with Crippen molar-refractivity contribution in [1.29, 1.82) is 0 Å². The largest absolute Gasteiger partial charge is 0.325 e. The van der Waals surface area contributed by atoms with E-state index in [4.69, 9.17) is 0 Å². The molecule has 4 rings (SSSR count). The molecular weight excluding hydrogens is 411 g/mol. The van der Waals surface area contributed by atoms with Crippen molar-refractivity contribution in [2.75, 3.05) is 11.4 Å². The van der Waals surface area contributed by atoms with Gasteiger partial charge in [0.1, 0.15) is 11.6 Å². The molecule has 0 amide bonds. The van der Waals surface area contributed by atoms with Crippen LogP contribution < -0.4 is 4.90 Å². The van der Waals surface area contributed by atoms with E-state index in [1.54, 1.807) is 23.6 Å². The van der Waals surface area contributed by atoms with Crippen LogP contribution in [0.15, 0.2) is 47.4 Å². The van der Waals surface area contributed by atoms with Crippen LogP contribution in [0.25, 0.3) is 16.7 Å². The second-order valence-corrected chi connectivity index (χ2v) is 7.37. The molecule has 0 N–H and O–H groups in total. The summed E-state index contributed by atoms with van der Waals surface area (Å²) < 4.78 is 17.4. The predicted molar refractivity (Wildman–Crippen MR) is 107 cm³/mol. The Balaban J connectivity index is 2.09. The van der Waals surface area contributed by atoms with E-state index in [1.807, 2.05) is 4.90 Å². The molecule has 0 saturated carbocycles. The zero-order valence-electron chi connectivity index (χ0n) is 14.9. The maximum atomic E-state index is 14.9. The van der Waals surface area contributed by atoms with Gasteiger partial charge in [-0.2, -0.15) is 4.98 Å². The first kappa shape index (κ1) is 17.8. The molecule has 4 heterocycles. The maximum absolute atomic E-state index is 14.9. The molecule has 3 aromatic heterocycles. The van der Waals surface area contributed by atoms with Gasteiger partial charge in [0.2, 0.25) is 0 Å². The minimum absolute atomic E-state index is 0.390. The van der Waals surface area contributed by atoms with Crippen LogP contribution in [-0.2, 0) is 0 Å². The van der Waals surface area contributed by atoms with E-state index in [1.165, 1.54) is 6.20 Å². The normalized spacial score (nSPS) is 15.4. The van der Waals surface area contributed by atoms with Crippen LogP contribution in [0.3, 0.4) is 0 Å². The molecule has 27 heavy (non-hydrogen) atoms. The fraction of sp³-hybridized carbons (Fsp3) is 0.263. The molecule has 1 aliphatic heterocycles. The van der Waals surface area contributed by atoms with E-state index >= 15 is 0 Å². The van der Waals surface area contributed by atoms with Crippen molar-refractivity contribution in [3.05, 3.63) is 59.0 Å². The van der Waals surface area contributed by atoms with Crippen LogP contribution >= 0.6 is 15.9 Å². The Hall–Kier alpha value is -2.61. The SMILES string of the molecule is C=CC1=C(C(=C)Br)CCCCN1c1nc2nnc(C)n2c2cncc(F)c12. The topological polar surface area (TPSA) is 59.2 Å². The molecule has 3 aromatic rings. The van der Waals surface area contributed by atoms with Gasteiger partial charge in [-0.25, -0.2) is 4.39 Å². The monoisotopic (exact) mass is 428 g/mol. The highest BCUT2D eigenvalue weighted by molar-refractivity contribution is 9.11. The molecule has 0 saturated heterocycles. The van der Waals surface area contributed by atoms with E-state index in [0.29, 0.717) is 34.9 Å². The van der Waals surface area contributed by atoms with Gasteiger partial charge in [-0.15, -0.1) is 10.2 Å². The summed E-state index contributed by atoms with van der Waals surface area (Å²) in [6.07, 6.45) is 7.41. The summed E-state index contributed by atoms with van der Waals surface area (Å²) in [6, 6.07) is 0. The number of hydrogen-bond donors (Lipinski definition) is 0. The predicted octanol–water partition coefficient (Wildman–Crippen LogP) is 4.46. The fourth-order valence-corrected chi connectivity index (χ4v) is 3.98. The molecular formula is C19H18BrFN6. The van der Waals surface area contributed by atoms with Crippen LogP contribution in [0.4, 0.5) is 10.2 Å². The lowest BCUT2D eigenvalue weighted by Crippen LogP contribution is -2.25. The Labute approximate surface area is 164 Å². The number of allylic oxidation sites excluding steroid dienone is 3. The molecule has 6 nitrogen and oxygen atoms in total. The number of nitrogens with zero attached hydrogens (tertiary/aromatic N) is 6. The zero-order valence-corrected chi connectivity index (χ0v) is 16.5. The second kappa shape index (κ2) is 6.84. The van der Waals surface area contributed by atoms with Gasteiger partial charge in [0.25, 0.3) is 5.78 Å². The highest BCUT2D eigenvalue weighted by Gasteiger charge is 2.25. The van der Waals surface area contributed by atoms with Crippen LogP contribution in [0.1, 0.15) is 25.1 Å². The van der Waals surface area contributed by atoms with Crippen molar-refractivity contribution in [3.8, 4) is 0 Å². The van der Waals surface area contributed by atoms with Crippen LogP contribution in [0, 0.1) is 12.7 Å². The number of rotatable bonds is 3. The molecule has 0 radical (unpaired) electrons. The van der Waals surface area contributed by atoms with Crippen molar-refractivity contribution < 1.29 is 4.39 Å². The fourth-order valence-electron chi connectivity index (χ4n) is 3.58. The number of anilines is 1. The van der Waals surface area contributed by atoms with Gasteiger partial charge < -0.3 is 4.90 Å². The number of aromatic nitrogens is 5. The Morgan fingerprint density at radius 3 is 2.85 bits per heavy atom. The summed E-state index contributed by atoms with van der Waals surface area (Å²) in [5.41, 5.74) is 2.51. The summed E-state index contributed by atoms with van der Waals surface area (Å²) in [6.45, 7) is 10.5. The standard InChI is InChI=1S/C19H18BrFN6/c1-4-15-13(11(2)20)7-5-6-8-26(15)18-17-14(21)9-22-10-16(17)27-12(3)24-25-19(27)23-18/h4,9-10H,1-2,5-8H2,3H3. The average molecular weight is 429 g/mol. The lowest BCUT2D eigenvalue weighted by atomic mass is 10.1. The van der Waals surface area contributed by atoms with Gasteiger partial charge in [-0.1, -0.05) is 29.1 Å². The summed E-state index contributed by atoms with van der Waals surface area (Å²) in [7, 11) is 0. The zero-order chi connectivity index (χ0) is 19.1. The molecule has 8 heteroatoms. The molecule has 0 spiro atoms. The highest BCUT2D eigenvalue weighted by Crippen LogP contribution is 2.36. The minimum Gasteiger partial charge on any atom is -0.325 e. The van der Waals surface area contributed by atoms with E-state index < -0.39 is 5.82 Å². The molecule has 0 bridgehead atoms. The number of aryl methyl sites for hydroxylation is 1. The van der Waals surface area contributed by atoms with Crippen molar-refractivity contribution in [2.24, 2.45) is 0 Å². The summed E-state index contributed by atoms with van der Waals surface area (Å²) >= 11 is 3.50. The van der Waals surface area contributed by atoms with Gasteiger partial charge in [-0.3, -0.25) is 9.38 Å². The summed E-state index contributed by atoms with van der Waals surface area (Å²) in [4.78, 5) is 10.7. The van der Waals surface area contributed by atoms with Gasteiger partial charge in [0.05, 0.1) is 23.3 Å². The average Bonchev–Trinajstić information content (AvgIpc) is 2.89.